The molecule has 116 valence electrons. The van der Waals surface area contributed by atoms with E-state index in [0.717, 1.165) is 16.7 Å². The van der Waals surface area contributed by atoms with Gasteiger partial charge >= 0.3 is 5.97 Å². The van der Waals surface area contributed by atoms with Gasteiger partial charge in [-0.3, -0.25) is 9.59 Å². The highest BCUT2D eigenvalue weighted by molar-refractivity contribution is 5.95. The lowest BCUT2D eigenvalue weighted by atomic mass is 9.99. The van der Waals surface area contributed by atoms with Crippen LogP contribution in [0.3, 0.4) is 0 Å². The molecule has 2 aromatic rings. The third-order valence-corrected chi connectivity index (χ3v) is 3.33. The molecule has 0 aliphatic heterocycles. The summed E-state index contributed by atoms with van der Waals surface area (Å²) in [6, 6.07) is 14.1. The highest BCUT2D eigenvalue weighted by Crippen LogP contribution is 2.21. The van der Waals surface area contributed by atoms with Crippen molar-refractivity contribution >= 4 is 24.2 Å². The van der Waals surface area contributed by atoms with Gasteiger partial charge in [0.15, 0.2) is 5.78 Å². The summed E-state index contributed by atoms with van der Waals surface area (Å²) >= 11 is 0. The lowest BCUT2D eigenvalue weighted by Crippen LogP contribution is -2.32. The van der Waals surface area contributed by atoms with Crippen molar-refractivity contribution in [1.29, 1.82) is 0 Å². The Bertz CT molecular complexity index is 668. The summed E-state index contributed by atoms with van der Waals surface area (Å²) in [6.45, 7) is 1.54. The molecule has 0 bridgehead atoms. The Balaban J connectivity index is 0.00000242. The van der Waals surface area contributed by atoms with Gasteiger partial charge in [-0.05, 0) is 36.1 Å². The van der Waals surface area contributed by atoms with Crippen molar-refractivity contribution < 1.29 is 14.7 Å². The number of ketones is 1. The van der Waals surface area contributed by atoms with Gasteiger partial charge in [0, 0.05) is 5.56 Å². The van der Waals surface area contributed by atoms with Crippen LogP contribution < -0.4 is 5.73 Å². The number of hydrogen-bond acceptors (Lipinski definition) is 3. The fraction of sp³-hybridized carbons (Fsp3) is 0.176. The molecule has 0 aliphatic carbocycles. The molecule has 0 heterocycles. The van der Waals surface area contributed by atoms with E-state index in [9.17, 15) is 9.59 Å². The monoisotopic (exact) mass is 319 g/mol. The Hall–Kier alpha value is -2.17. The van der Waals surface area contributed by atoms with Crippen LogP contribution in [-0.4, -0.2) is 22.9 Å². The number of nitrogens with two attached hydrogens (primary N) is 1. The van der Waals surface area contributed by atoms with E-state index in [1.54, 1.807) is 6.07 Å². The largest absolute Gasteiger partial charge is 0.480 e. The van der Waals surface area contributed by atoms with Crippen molar-refractivity contribution in [3.8, 4) is 11.1 Å². The fourth-order valence-corrected chi connectivity index (χ4v) is 2.09. The molecule has 0 spiro atoms. The summed E-state index contributed by atoms with van der Waals surface area (Å²) < 4.78 is 0. The molecule has 3 N–H and O–H groups in total. The zero-order valence-electron chi connectivity index (χ0n) is 12.2. The molecule has 5 heteroatoms. The number of carboxylic acids is 1. The summed E-state index contributed by atoms with van der Waals surface area (Å²) in [5, 5.41) is 8.80. The molecular formula is C17H18ClNO3. The number of rotatable bonds is 5. The quantitative estimate of drug-likeness (QED) is 0.830. The summed E-state index contributed by atoms with van der Waals surface area (Å²) in [5.41, 5.74) is 8.99. The Morgan fingerprint density at radius 3 is 2.27 bits per heavy atom. The predicted molar refractivity (Wildman–Crippen MR) is 88.4 cm³/mol. The summed E-state index contributed by atoms with van der Waals surface area (Å²) in [6.07, 6.45) is 0.295. The predicted octanol–water partition coefficient (Wildman–Crippen LogP) is 2.93. The molecule has 0 aromatic heterocycles. The normalized spacial score (nSPS) is 11.4. The molecule has 0 amide bonds. The summed E-state index contributed by atoms with van der Waals surface area (Å²) in [5.74, 6) is -0.978. The topological polar surface area (TPSA) is 80.4 Å². The first-order valence-electron chi connectivity index (χ1n) is 6.66. The van der Waals surface area contributed by atoms with E-state index in [1.807, 2.05) is 42.5 Å². The number of carbonyl (C=O) groups excluding carboxylic acids is 1. The second-order valence-electron chi connectivity index (χ2n) is 4.98. The number of carboxylic acid groups (broad SMARTS) is 1. The van der Waals surface area contributed by atoms with Crippen molar-refractivity contribution in [2.75, 3.05) is 0 Å². The van der Waals surface area contributed by atoms with E-state index in [0.29, 0.717) is 12.0 Å². The lowest BCUT2D eigenvalue weighted by molar-refractivity contribution is -0.138. The highest BCUT2D eigenvalue weighted by Gasteiger charge is 2.12. The second kappa shape index (κ2) is 7.73. The van der Waals surface area contributed by atoms with Crippen molar-refractivity contribution in [1.82, 2.24) is 0 Å². The van der Waals surface area contributed by atoms with Crippen LogP contribution in [0.1, 0.15) is 22.8 Å². The van der Waals surface area contributed by atoms with Crippen LogP contribution in [0.2, 0.25) is 0 Å². The minimum atomic E-state index is -1.01. The maximum atomic E-state index is 11.4. The third kappa shape index (κ3) is 4.41. The number of hydrogen-bond donors (Lipinski definition) is 2. The number of halogens is 1. The maximum absolute atomic E-state index is 11.4. The first-order chi connectivity index (χ1) is 9.97. The summed E-state index contributed by atoms with van der Waals surface area (Å²) in [7, 11) is 0. The van der Waals surface area contributed by atoms with E-state index in [2.05, 4.69) is 0 Å². The molecule has 0 fully saturated rings. The van der Waals surface area contributed by atoms with Crippen LogP contribution in [0.25, 0.3) is 11.1 Å². The number of Topliss-reactive ketones (excluding diaryl/α,β-unsaturated/α-hetero) is 1. The van der Waals surface area contributed by atoms with Crippen LogP contribution in [0.15, 0.2) is 48.5 Å². The smallest absolute Gasteiger partial charge is 0.320 e. The molecule has 22 heavy (non-hydrogen) atoms. The third-order valence-electron chi connectivity index (χ3n) is 3.33. The van der Waals surface area contributed by atoms with Crippen LogP contribution in [0.4, 0.5) is 0 Å². The first-order valence-corrected chi connectivity index (χ1v) is 6.66. The minimum absolute atomic E-state index is 0. The zero-order chi connectivity index (χ0) is 15.4. The van der Waals surface area contributed by atoms with E-state index in [1.165, 1.54) is 6.92 Å². The zero-order valence-corrected chi connectivity index (χ0v) is 13.0. The minimum Gasteiger partial charge on any atom is -0.480 e. The average molecular weight is 320 g/mol. The molecule has 1 atom stereocenters. The number of carbonyl (C=O) groups is 2. The SMILES string of the molecule is CC(=O)c1cccc(-c2ccc(CC(N)C(=O)O)cc2)c1.Cl. The molecule has 1 unspecified atom stereocenters. The Morgan fingerprint density at radius 1 is 1.09 bits per heavy atom. The van der Waals surface area contributed by atoms with Crippen molar-refractivity contribution in [2.24, 2.45) is 5.73 Å². The average Bonchev–Trinajstić information content (AvgIpc) is 2.48. The van der Waals surface area contributed by atoms with Gasteiger partial charge in [-0.15, -0.1) is 12.4 Å². The van der Waals surface area contributed by atoms with E-state index >= 15 is 0 Å². The Kier molecular flexibility index (Phi) is 6.28. The van der Waals surface area contributed by atoms with Gasteiger partial charge in [-0.25, -0.2) is 0 Å². The lowest BCUT2D eigenvalue weighted by Gasteiger charge is -2.08. The van der Waals surface area contributed by atoms with Gasteiger partial charge in [0.2, 0.25) is 0 Å². The van der Waals surface area contributed by atoms with Crippen LogP contribution in [0, 0.1) is 0 Å². The van der Waals surface area contributed by atoms with Gasteiger partial charge in [0.25, 0.3) is 0 Å². The van der Waals surface area contributed by atoms with Crippen molar-refractivity contribution in [2.45, 2.75) is 19.4 Å². The van der Waals surface area contributed by atoms with Gasteiger partial charge < -0.3 is 10.8 Å². The standard InChI is InChI=1S/C17H17NO3.ClH/c1-11(19)14-3-2-4-15(10-14)13-7-5-12(6-8-13)9-16(18)17(20)21;/h2-8,10,16H,9,18H2,1H3,(H,20,21);1H. The Morgan fingerprint density at radius 2 is 1.73 bits per heavy atom. The molecule has 2 rings (SSSR count). The van der Waals surface area contributed by atoms with E-state index in [-0.39, 0.29) is 18.2 Å². The molecule has 4 nitrogen and oxygen atoms in total. The fourth-order valence-electron chi connectivity index (χ4n) is 2.09. The van der Waals surface area contributed by atoms with Crippen molar-refractivity contribution in [3.05, 3.63) is 59.7 Å². The van der Waals surface area contributed by atoms with E-state index in [4.69, 9.17) is 10.8 Å². The molecular weight excluding hydrogens is 302 g/mol. The van der Waals surface area contributed by atoms with Crippen molar-refractivity contribution in [3.63, 3.8) is 0 Å². The van der Waals surface area contributed by atoms with Gasteiger partial charge in [-0.2, -0.15) is 0 Å². The van der Waals surface area contributed by atoms with Gasteiger partial charge in [0.1, 0.15) is 6.04 Å². The summed E-state index contributed by atoms with van der Waals surface area (Å²) in [4.78, 5) is 22.1. The van der Waals surface area contributed by atoms with Crippen LogP contribution in [0.5, 0.6) is 0 Å². The van der Waals surface area contributed by atoms with Crippen LogP contribution >= 0.6 is 12.4 Å². The first kappa shape index (κ1) is 17.9. The Labute approximate surface area is 135 Å². The molecule has 2 aromatic carbocycles. The second-order valence-corrected chi connectivity index (χ2v) is 4.98. The highest BCUT2D eigenvalue weighted by atomic mass is 35.5. The number of aliphatic carboxylic acids is 1. The molecule has 0 saturated carbocycles. The molecule has 0 radical (unpaired) electrons. The van der Waals surface area contributed by atoms with Gasteiger partial charge in [0.05, 0.1) is 0 Å². The van der Waals surface area contributed by atoms with E-state index < -0.39 is 12.0 Å². The maximum Gasteiger partial charge on any atom is 0.320 e. The molecule has 0 aliphatic rings. The number of benzene rings is 2. The van der Waals surface area contributed by atoms with Gasteiger partial charge in [-0.1, -0.05) is 42.5 Å². The van der Waals surface area contributed by atoms with Crippen LogP contribution in [-0.2, 0) is 11.2 Å². The molecule has 0 saturated heterocycles.